The summed E-state index contributed by atoms with van der Waals surface area (Å²) < 4.78 is 3.97. The van der Waals surface area contributed by atoms with Crippen LogP contribution >= 0.6 is 0 Å². The second-order valence-corrected chi connectivity index (χ2v) is 7.97. The van der Waals surface area contributed by atoms with Crippen molar-refractivity contribution < 1.29 is 0 Å². The standard InChI is InChI=1S/C21H25N5O/c1-24-19-5-3-2-4-17(19)23-21(24)25-10-8-15(9-11-25)13-26-14-22-18(12-20(26)27)16-6-7-16/h2-5,12,14-16H,6-11,13H2,1H3. The number of aromatic nitrogens is 4. The summed E-state index contributed by atoms with van der Waals surface area (Å²) in [5, 5.41) is 0. The Hall–Kier alpha value is -2.63. The molecule has 3 heterocycles. The van der Waals surface area contributed by atoms with Gasteiger partial charge in [-0.2, -0.15) is 0 Å². The highest BCUT2D eigenvalue weighted by molar-refractivity contribution is 5.78. The summed E-state index contributed by atoms with van der Waals surface area (Å²) in [5.41, 5.74) is 3.30. The van der Waals surface area contributed by atoms with Crippen molar-refractivity contribution in [1.82, 2.24) is 19.1 Å². The number of fused-ring (bicyclic) bond motifs is 1. The second kappa shape index (κ2) is 6.51. The Bertz CT molecular complexity index is 1020. The predicted molar refractivity (Wildman–Crippen MR) is 106 cm³/mol. The van der Waals surface area contributed by atoms with E-state index in [4.69, 9.17) is 4.98 Å². The fourth-order valence-corrected chi connectivity index (χ4v) is 4.19. The van der Waals surface area contributed by atoms with Gasteiger partial charge in [0.05, 0.1) is 23.1 Å². The Labute approximate surface area is 158 Å². The quantitative estimate of drug-likeness (QED) is 0.715. The minimum absolute atomic E-state index is 0.102. The number of aryl methyl sites for hydroxylation is 1. The highest BCUT2D eigenvalue weighted by atomic mass is 16.1. The number of benzene rings is 1. The molecule has 2 fully saturated rings. The molecule has 6 nitrogen and oxygen atoms in total. The van der Waals surface area contributed by atoms with Gasteiger partial charge in [-0.1, -0.05) is 12.1 Å². The van der Waals surface area contributed by atoms with Crippen molar-refractivity contribution in [2.24, 2.45) is 13.0 Å². The highest BCUT2D eigenvalue weighted by Crippen LogP contribution is 2.38. The summed E-state index contributed by atoms with van der Waals surface area (Å²) in [6.07, 6.45) is 6.25. The number of piperidine rings is 1. The average Bonchev–Trinajstić information content (AvgIpc) is 3.49. The molecule has 1 aromatic carbocycles. The Balaban J connectivity index is 1.26. The Morgan fingerprint density at radius 2 is 1.89 bits per heavy atom. The monoisotopic (exact) mass is 363 g/mol. The molecule has 1 saturated carbocycles. The van der Waals surface area contributed by atoms with Crippen molar-refractivity contribution in [1.29, 1.82) is 0 Å². The van der Waals surface area contributed by atoms with Crippen molar-refractivity contribution in [2.75, 3.05) is 18.0 Å². The number of hydrogen-bond acceptors (Lipinski definition) is 4. The van der Waals surface area contributed by atoms with Crippen LogP contribution in [-0.4, -0.2) is 32.2 Å². The average molecular weight is 363 g/mol. The van der Waals surface area contributed by atoms with E-state index in [1.165, 1.54) is 18.4 Å². The van der Waals surface area contributed by atoms with Crippen LogP contribution in [0.4, 0.5) is 5.95 Å². The molecule has 3 aromatic rings. The van der Waals surface area contributed by atoms with Crippen molar-refractivity contribution in [2.45, 2.75) is 38.1 Å². The van der Waals surface area contributed by atoms with E-state index in [2.05, 4.69) is 39.7 Å². The molecule has 0 bridgehead atoms. The summed E-state index contributed by atoms with van der Waals surface area (Å²) in [7, 11) is 2.09. The van der Waals surface area contributed by atoms with Crippen LogP contribution in [0.3, 0.4) is 0 Å². The molecule has 0 atom stereocenters. The highest BCUT2D eigenvalue weighted by Gasteiger charge is 2.26. The van der Waals surface area contributed by atoms with Gasteiger partial charge in [-0.15, -0.1) is 0 Å². The van der Waals surface area contributed by atoms with Crippen LogP contribution in [0.2, 0.25) is 0 Å². The lowest BCUT2D eigenvalue weighted by Crippen LogP contribution is -2.37. The van der Waals surface area contributed by atoms with Crippen LogP contribution in [0, 0.1) is 5.92 Å². The van der Waals surface area contributed by atoms with Gasteiger partial charge in [0.15, 0.2) is 0 Å². The zero-order valence-corrected chi connectivity index (χ0v) is 15.7. The Kier molecular flexibility index (Phi) is 3.99. The van der Waals surface area contributed by atoms with Gasteiger partial charge in [0.25, 0.3) is 5.56 Å². The van der Waals surface area contributed by atoms with E-state index in [9.17, 15) is 4.79 Å². The van der Waals surface area contributed by atoms with Gasteiger partial charge < -0.3 is 9.47 Å². The molecule has 2 aliphatic rings. The molecule has 0 amide bonds. The summed E-state index contributed by atoms with van der Waals surface area (Å²) in [5.74, 6) is 2.09. The van der Waals surface area contributed by atoms with Crippen molar-refractivity contribution >= 4 is 17.0 Å². The number of rotatable bonds is 4. The molecule has 27 heavy (non-hydrogen) atoms. The zero-order chi connectivity index (χ0) is 18.4. The molecule has 6 heteroatoms. The Morgan fingerprint density at radius 1 is 1.11 bits per heavy atom. The zero-order valence-electron chi connectivity index (χ0n) is 15.7. The third-order valence-electron chi connectivity index (χ3n) is 6.01. The molecule has 1 aliphatic carbocycles. The van der Waals surface area contributed by atoms with Crippen molar-refractivity contribution in [3.05, 3.63) is 52.7 Å². The Morgan fingerprint density at radius 3 is 2.59 bits per heavy atom. The lowest BCUT2D eigenvalue weighted by molar-refractivity contribution is 0.348. The minimum Gasteiger partial charge on any atom is -0.342 e. The minimum atomic E-state index is 0.102. The lowest BCUT2D eigenvalue weighted by atomic mass is 9.97. The first-order chi connectivity index (χ1) is 13.2. The molecule has 2 aromatic heterocycles. The van der Waals surface area contributed by atoms with Gasteiger partial charge in [0.2, 0.25) is 5.95 Å². The maximum atomic E-state index is 12.4. The molecule has 140 valence electrons. The van der Waals surface area contributed by atoms with Crippen LogP contribution < -0.4 is 10.5 Å². The molecular weight excluding hydrogens is 338 g/mol. The van der Waals surface area contributed by atoms with Gasteiger partial charge >= 0.3 is 0 Å². The number of imidazole rings is 1. The SMILES string of the molecule is Cn1c(N2CCC(Cn3cnc(C4CC4)cc3=O)CC2)nc2ccccc21. The lowest BCUT2D eigenvalue weighted by Gasteiger charge is -2.32. The van der Waals surface area contributed by atoms with Crippen LogP contribution in [0.15, 0.2) is 41.5 Å². The molecule has 1 saturated heterocycles. The first kappa shape index (κ1) is 16.5. The van der Waals surface area contributed by atoms with Crippen LogP contribution in [0.25, 0.3) is 11.0 Å². The van der Waals surface area contributed by atoms with E-state index >= 15 is 0 Å². The van der Waals surface area contributed by atoms with E-state index < -0.39 is 0 Å². The fraction of sp³-hybridized carbons (Fsp3) is 0.476. The largest absolute Gasteiger partial charge is 0.342 e. The van der Waals surface area contributed by atoms with Crippen LogP contribution in [0.1, 0.15) is 37.3 Å². The van der Waals surface area contributed by atoms with Crippen LogP contribution in [-0.2, 0) is 13.6 Å². The van der Waals surface area contributed by atoms with Crippen LogP contribution in [0.5, 0.6) is 0 Å². The summed E-state index contributed by atoms with van der Waals surface area (Å²) >= 11 is 0. The third kappa shape index (κ3) is 3.13. The summed E-state index contributed by atoms with van der Waals surface area (Å²) in [6, 6.07) is 10.0. The van der Waals surface area contributed by atoms with Crippen molar-refractivity contribution in [3.63, 3.8) is 0 Å². The first-order valence-corrected chi connectivity index (χ1v) is 9.92. The van der Waals surface area contributed by atoms with E-state index in [-0.39, 0.29) is 5.56 Å². The van der Waals surface area contributed by atoms with Gasteiger partial charge in [-0.25, -0.2) is 9.97 Å². The second-order valence-electron chi connectivity index (χ2n) is 7.97. The molecule has 0 unspecified atom stereocenters. The molecule has 5 rings (SSSR count). The molecule has 1 aliphatic heterocycles. The normalized spacial score (nSPS) is 18.3. The molecular formula is C21H25N5O. The number of para-hydroxylation sites is 2. The van der Waals surface area contributed by atoms with E-state index in [1.807, 2.05) is 6.07 Å². The molecule has 0 N–H and O–H groups in total. The van der Waals surface area contributed by atoms with Gasteiger partial charge in [0, 0.05) is 38.7 Å². The van der Waals surface area contributed by atoms with Gasteiger partial charge in [0.1, 0.15) is 0 Å². The molecule has 0 radical (unpaired) electrons. The fourth-order valence-electron chi connectivity index (χ4n) is 4.19. The van der Waals surface area contributed by atoms with E-state index in [1.54, 1.807) is 17.0 Å². The predicted octanol–water partition coefficient (Wildman–Crippen LogP) is 2.92. The maximum Gasteiger partial charge on any atom is 0.253 e. The topological polar surface area (TPSA) is 56.0 Å². The first-order valence-electron chi connectivity index (χ1n) is 9.92. The van der Waals surface area contributed by atoms with Gasteiger partial charge in [-0.05, 0) is 43.7 Å². The third-order valence-corrected chi connectivity index (χ3v) is 6.01. The maximum absolute atomic E-state index is 12.4. The van der Waals surface area contributed by atoms with Crippen molar-refractivity contribution in [3.8, 4) is 0 Å². The van der Waals surface area contributed by atoms with E-state index in [0.717, 1.165) is 49.6 Å². The number of anilines is 1. The summed E-state index contributed by atoms with van der Waals surface area (Å²) in [6.45, 7) is 2.72. The number of nitrogens with zero attached hydrogens (tertiary/aromatic N) is 5. The van der Waals surface area contributed by atoms with E-state index in [0.29, 0.717) is 11.8 Å². The molecule has 0 spiro atoms. The summed E-state index contributed by atoms with van der Waals surface area (Å²) in [4.78, 5) is 24.1. The van der Waals surface area contributed by atoms with Gasteiger partial charge in [-0.3, -0.25) is 9.36 Å². The number of hydrogen-bond donors (Lipinski definition) is 0. The smallest absolute Gasteiger partial charge is 0.253 e.